The van der Waals surface area contributed by atoms with Gasteiger partial charge in [0.05, 0.1) is 16.8 Å². The molecule has 57 heavy (non-hydrogen) atoms. The second-order valence-corrected chi connectivity index (χ2v) is 14.7. The Hall–Kier alpha value is -7.63. The van der Waals surface area contributed by atoms with E-state index in [-0.39, 0.29) is 0 Å². The van der Waals surface area contributed by atoms with E-state index in [0.717, 1.165) is 50.8 Å². The van der Waals surface area contributed by atoms with Crippen molar-refractivity contribution < 1.29 is 4.74 Å². The SMILES string of the molecule is c1ccc(-c2nc(-c3ccc(N4c5ccccc5Oc5ccccc54)cc3)nc(-c3cccc4c3-c3ccccc3C43c4ccccc4-c4ccccc43)n2)cc1. The van der Waals surface area contributed by atoms with Crippen molar-refractivity contribution in [3.05, 3.63) is 216 Å². The molecule has 0 atom stereocenters. The normalized spacial score (nSPS) is 13.5. The van der Waals surface area contributed by atoms with E-state index in [1.54, 1.807) is 0 Å². The van der Waals surface area contributed by atoms with E-state index in [4.69, 9.17) is 19.7 Å². The Morgan fingerprint density at radius 1 is 0.351 bits per heavy atom. The zero-order valence-corrected chi connectivity index (χ0v) is 30.7. The van der Waals surface area contributed by atoms with Crippen LogP contribution in [-0.2, 0) is 5.41 Å². The van der Waals surface area contributed by atoms with E-state index in [1.165, 1.54) is 38.9 Å². The van der Waals surface area contributed by atoms with Crippen molar-refractivity contribution in [1.29, 1.82) is 0 Å². The molecule has 5 nitrogen and oxygen atoms in total. The number of nitrogens with zero attached hydrogens (tertiary/aromatic N) is 4. The third-order valence-electron chi connectivity index (χ3n) is 11.7. The summed E-state index contributed by atoms with van der Waals surface area (Å²) in [7, 11) is 0. The first-order valence-corrected chi connectivity index (χ1v) is 19.3. The van der Waals surface area contributed by atoms with Crippen LogP contribution in [0, 0.1) is 0 Å². The zero-order chi connectivity index (χ0) is 37.5. The molecule has 12 rings (SSSR count). The molecule has 0 radical (unpaired) electrons. The number of benzene rings is 8. The highest BCUT2D eigenvalue weighted by Crippen LogP contribution is 2.63. The van der Waals surface area contributed by atoms with Crippen LogP contribution >= 0.6 is 0 Å². The lowest BCUT2D eigenvalue weighted by Crippen LogP contribution is -2.25. The number of fused-ring (bicyclic) bond motifs is 12. The van der Waals surface area contributed by atoms with Crippen LogP contribution in [0.5, 0.6) is 11.5 Å². The summed E-state index contributed by atoms with van der Waals surface area (Å²) in [4.78, 5) is 17.9. The van der Waals surface area contributed by atoms with Gasteiger partial charge in [0.25, 0.3) is 0 Å². The van der Waals surface area contributed by atoms with Crippen LogP contribution in [0.15, 0.2) is 194 Å². The van der Waals surface area contributed by atoms with Gasteiger partial charge in [-0.2, -0.15) is 0 Å². The number of rotatable bonds is 4. The van der Waals surface area contributed by atoms with E-state index in [2.05, 4.69) is 144 Å². The number of hydrogen-bond acceptors (Lipinski definition) is 5. The molecule has 1 aromatic heterocycles. The number of aromatic nitrogens is 3. The summed E-state index contributed by atoms with van der Waals surface area (Å²) in [5, 5.41) is 0. The lowest BCUT2D eigenvalue weighted by Gasteiger charge is -2.32. The largest absolute Gasteiger partial charge is 0.453 e. The predicted octanol–water partition coefficient (Wildman–Crippen LogP) is 12.8. The molecule has 5 heteroatoms. The lowest BCUT2D eigenvalue weighted by molar-refractivity contribution is 0.477. The van der Waals surface area contributed by atoms with Gasteiger partial charge < -0.3 is 9.64 Å². The Balaban J connectivity index is 1.05. The van der Waals surface area contributed by atoms with Crippen LogP contribution in [0.2, 0.25) is 0 Å². The Labute approximate surface area is 330 Å². The van der Waals surface area contributed by atoms with Gasteiger partial charge in [-0.15, -0.1) is 0 Å². The molecule has 0 unspecified atom stereocenters. The fourth-order valence-corrected chi connectivity index (χ4v) is 9.41. The highest BCUT2D eigenvalue weighted by molar-refractivity contribution is 5.99. The second-order valence-electron chi connectivity index (χ2n) is 14.7. The maximum atomic E-state index is 6.28. The molecule has 1 aliphatic heterocycles. The highest BCUT2D eigenvalue weighted by atomic mass is 16.5. The zero-order valence-electron chi connectivity index (χ0n) is 30.7. The van der Waals surface area contributed by atoms with Crippen LogP contribution < -0.4 is 9.64 Å². The van der Waals surface area contributed by atoms with Crippen molar-refractivity contribution in [2.24, 2.45) is 0 Å². The van der Waals surface area contributed by atoms with Gasteiger partial charge in [0, 0.05) is 22.4 Å². The average Bonchev–Trinajstić information content (AvgIpc) is 3.76. The van der Waals surface area contributed by atoms with Crippen molar-refractivity contribution in [2.75, 3.05) is 4.90 Å². The van der Waals surface area contributed by atoms with E-state index in [0.29, 0.717) is 17.5 Å². The molecule has 0 fully saturated rings. The fourth-order valence-electron chi connectivity index (χ4n) is 9.41. The molecule has 8 aromatic carbocycles. The molecule has 3 aliphatic rings. The van der Waals surface area contributed by atoms with Crippen LogP contribution in [-0.4, -0.2) is 15.0 Å². The van der Waals surface area contributed by atoms with Crippen LogP contribution in [0.3, 0.4) is 0 Å². The molecular weight excluding hydrogens is 697 g/mol. The first-order valence-electron chi connectivity index (χ1n) is 19.3. The Morgan fingerprint density at radius 3 is 1.44 bits per heavy atom. The Bertz CT molecular complexity index is 2970. The average molecular weight is 729 g/mol. The first-order chi connectivity index (χ1) is 28.3. The fraction of sp³-hybridized carbons (Fsp3) is 0.0192. The molecule has 2 aliphatic carbocycles. The van der Waals surface area contributed by atoms with Crippen molar-refractivity contribution in [3.63, 3.8) is 0 Å². The van der Waals surface area contributed by atoms with E-state index in [1.807, 2.05) is 54.6 Å². The third-order valence-corrected chi connectivity index (χ3v) is 11.7. The summed E-state index contributed by atoms with van der Waals surface area (Å²) >= 11 is 0. The van der Waals surface area contributed by atoms with E-state index >= 15 is 0 Å². The van der Waals surface area contributed by atoms with E-state index in [9.17, 15) is 0 Å². The van der Waals surface area contributed by atoms with Gasteiger partial charge in [0.2, 0.25) is 0 Å². The molecule has 0 N–H and O–H groups in total. The standard InChI is InChI=1S/C52H32N4O/c1-2-15-33(16-3-1)49-53-50(34-29-31-35(32-30-34)56-44-25-10-12-27-46(44)57-47-28-13-11-26-45(47)56)55-51(54-49)39-20-14-24-43-48(39)38-19-6-9-23-42(38)52(43)40-21-7-4-17-36(40)37-18-5-8-22-41(37)52/h1-32H. The number of ether oxygens (including phenoxy) is 1. The van der Waals surface area contributed by atoms with Crippen molar-refractivity contribution in [1.82, 2.24) is 15.0 Å². The van der Waals surface area contributed by atoms with Gasteiger partial charge in [0.1, 0.15) is 0 Å². The molecule has 0 bridgehead atoms. The summed E-state index contributed by atoms with van der Waals surface area (Å²) < 4.78 is 6.28. The van der Waals surface area contributed by atoms with Gasteiger partial charge in [-0.05, 0) is 93.0 Å². The first kappa shape index (κ1) is 31.7. The minimum Gasteiger partial charge on any atom is -0.453 e. The molecule has 0 amide bonds. The summed E-state index contributed by atoms with van der Waals surface area (Å²) in [5.74, 6) is 3.52. The molecule has 1 spiro atoms. The van der Waals surface area contributed by atoms with Gasteiger partial charge in [-0.3, -0.25) is 0 Å². The van der Waals surface area contributed by atoms with Crippen molar-refractivity contribution in [2.45, 2.75) is 5.41 Å². The van der Waals surface area contributed by atoms with Crippen LogP contribution in [0.25, 0.3) is 56.4 Å². The lowest BCUT2D eigenvalue weighted by atomic mass is 9.70. The van der Waals surface area contributed by atoms with Gasteiger partial charge in [-0.1, -0.05) is 146 Å². The maximum Gasteiger partial charge on any atom is 0.164 e. The molecule has 2 heterocycles. The Kier molecular flexibility index (Phi) is 6.78. The maximum absolute atomic E-state index is 6.28. The van der Waals surface area contributed by atoms with Gasteiger partial charge in [-0.25, -0.2) is 15.0 Å². The molecule has 266 valence electrons. The summed E-state index contributed by atoms with van der Waals surface area (Å²) in [6, 6.07) is 68.3. The van der Waals surface area contributed by atoms with Gasteiger partial charge in [0.15, 0.2) is 29.0 Å². The summed E-state index contributed by atoms with van der Waals surface area (Å²) in [5.41, 5.74) is 15.4. The minimum atomic E-state index is -0.459. The Morgan fingerprint density at radius 2 is 0.807 bits per heavy atom. The number of para-hydroxylation sites is 4. The van der Waals surface area contributed by atoms with Crippen LogP contribution in [0.1, 0.15) is 22.3 Å². The van der Waals surface area contributed by atoms with Gasteiger partial charge >= 0.3 is 0 Å². The third kappa shape index (κ3) is 4.54. The van der Waals surface area contributed by atoms with Crippen LogP contribution in [0.4, 0.5) is 17.1 Å². The topological polar surface area (TPSA) is 51.1 Å². The molecule has 9 aromatic rings. The smallest absolute Gasteiger partial charge is 0.164 e. The molecule has 0 saturated carbocycles. The minimum absolute atomic E-state index is 0.459. The van der Waals surface area contributed by atoms with Crippen molar-refractivity contribution in [3.8, 4) is 67.9 Å². The second kappa shape index (κ2) is 12.2. The quantitative estimate of drug-likeness (QED) is 0.181. The monoisotopic (exact) mass is 728 g/mol. The molecule has 0 saturated heterocycles. The summed E-state index contributed by atoms with van der Waals surface area (Å²) in [6.45, 7) is 0. The van der Waals surface area contributed by atoms with Crippen molar-refractivity contribution >= 4 is 17.1 Å². The highest BCUT2D eigenvalue weighted by Gasteiger charge is 2.52. The molecular formula is C52H32N4O. The predicted molar refractivity (Wildman–Crippen MR) is 227 cm³/mol. The van der Waals surface area contributed by atoms with E-state index < -0.39 is 5.41 Å². The number of anilines is 3. The number of hydrogen-bond donors (Lipinski definition) is 0. The summed E-state index contributed by atoms with van der Waals surface area (Å²) in [6.07, 6.45) is 0.